The van der Waals surface area contributed by atoms with Gasteiger partial charge in [0.25, 0.3) is 0 Å². The molecule has 5 nitrogen and oxygen atoms in total. The summed E-state index contributed by atoms with van der Waals surface area (Å²) >= 11 is 3.32. The van der Waals surface area contributed by atoms with Crippen molar-refractivity contribution >= 4 is 31.7 Å². The van der Waals surface area contributed by atoms with Crippen LogP contribution in [0.25, 0.3) is 0 Å². The number of carbonyl (C=O) groups is 1. The minimum atomic E-state index is -3.46. The van der Waals surface area contributed by atoms with Gasteiger partial charge in [0, 0.05) is 23.6 Å². The molecule has 1 N–H and O–H groups in total. The van der Waals surface area contributed by atoms with E-state index in [1.165, 1.54) is 0 Å². The fraction of sp³-hybridized carbons (Fsp3) is 0.533. The van der Waals surface area contributed by atoms with E-state index in [1.807, 2.05) is 13.1 Å². The smallest absolute Gasteiger partial charge is 0.237 e. The molecule has 1 aliphatic rings. The average molecular weight is 389 g/mol. The van der Waals surface area contributed by atoms with E-state index in [4.69, 9.17) is 0 Å². The maximum absolute atomic E-state index is 12.2. The van der Waals surface area contributed by atoms with Crippen LogP contribution in [0.2, 0.25) is 0 Å². The number of benzene rings is 1. The summed E-state index contributed by atoms with van der Waals surface area (Å²) < 4.78 is 25.3. The highest BCUT2D eigenvalue weighted by Gasteiger charge is 2.26. The van der Waals surface area contributed by atoms with Gasteiger partial charge in [-0.05, 0) is 37.6 Å². The second kappa shape index (κ2) is 7.57. The van der Waals surface area contributed by atoms with Crippen molar-refractivity contribution in [3.63, 3.8) is 0 Å². The van der Waals surface area contributed by atoms with Crippen LogP contribution in [-0.2, 0) is 20.4 Å². The molecule has 1 heterocycles. The number of hydrogen-bond acceptors (Lipinski definition) is 4. The molecule has 1 amide bonds. The fourth-order valence-electron chi connectivity index (χ4n) is 2.65. The molecule has 1 aromatic rings. The number of nitrogens with zero attached hydrogens (tertiary/aromatic N) is 1. The molecule has 0 aliphatic carbocycles. The first-order valence-electron chi connectivity index (χ1n) is 7.29. The minimum absolute atomic E-state index is 0.110. The number of nitrogens with one attached hydrogen (secondary N) is 1. The van der Waals surface area contributed by atoms with Gasteiger partial charge in [-0.1, -0.05) is 28.1 Å². The molecule has 1 aromatic carbocycles. The summed E-state index contributed by atoms with van der Waals surface area (Å²) in [5, 5.41) is 3.15. The molecule has 0 bridgehead atoms. The van der Waals surface area contributed by atoms with Gasteiger partial charge in [0.1, 0.15) is 5.75 Å². The van der Waals surface area contributed by atoms with E-state index in [1.54, 1.807) is 23.1 Å². The van der Waals surface area contributed by atoms with E-state index in [2.05, 4.69) is 21.2 Å². The van der Waals surface area contributed by atoms with Crippen LogP contribution in [-0.4, -0.2) is 51.2 Å². The van der Waals surface area contributed by atoms with E-state index in [9.17, 15) is 13.2 Å². The highest BCUT2D eigenvalue weighted by molar-refractivity contribution is 9.10. The van der Waals surface area contributed by atoms with Crippen molar-refractivity contribution in [2.45, 2.75) is 24.6 Å². The molecular formula is C15H21BrN2O3S. The Balaban J connectivity index is 1.97. The number of likely N-dealkylation sites (tertiary alicyclic amines) is 1. The SMILES string of the molecule is CNC1CCCN(C(=O)CS(=O)(=O)Cc2cccc(Br)c2)C1. The van der Waals surface area contributed by atoms with Gasteiger partial charge < -0.3 is 10.2 Å². The molecule has 122 valence electrons. The number of hydrogen-bond donors (Lipinski definition) is 1. The molecule has 0 aromatic heterocycles. The Hall–Kier alpha value is -0.920. The number of carbonyl (C=O) groups excluding carboxylic acids is 1. The highest BCUT2D eigenvalue weighted by Crippen LogP contribution is 2.15. The molecule has 1 fully saturated rings. The first-order valence-corrected chi connectivity index (χ1v) is 9.91. The Morgan fingerprint density at radius 3 is 2.91 bits per heavy atom. The summed E-state index contributed by atoms with van der Waals surface area (Å²) in [4.78, 5) is 13.9. The molecule has 22 heavy (non-hydrogen) atoms. The lowest BCUT2D eigenvalue weighted by atomic mass is 10.1. The lowest BCUT2D eigenvalue weighted by molar-refractivity contribution is -0.129. The average Bonchev–Trinajstić information content (AvgIpc) is 2.46. The summed E-state index contributed by atoms with van der Waals surface area (Å²) in [6.45, 7) is 1.23. The molecule has 2 rings (SSSR count). The number of piperidine rings is 1. The van der Waals surface area contributed by atoms with Crippen LogP contribution in [0.1, 0.15) is 18.4 Å². The third kappa shape index (κ3) is 5.07. The summed E-state index contributed by atoms with van der Waals surface area (Å²) in [5.74, 6) is -0.827. The first kappa shape index (κ1) is 17.4. The Morgan fingerprint density at radius 2 is 2.23 bits per heavy atom. The minimum Gasteiger partial charge on any atom is -0.340 e. The standard InChI is InChI=1S/C15H21BrN2O3S/c1-17-14-6-3-7-18(9-14)15(19)11-22(20,21)10-12-4-2-5-13(16)8-12/h2,4-5,8,14,17H,3,6-7,9-11H2,1H3. The summed E-state index contributed by atoms with van der Waals surface area (Å²) in [7, 11) is -1.59. The molecule has 0 saturated carbocycles. The Labute approximate surface area is 140 Å². The van der Waals surface area contributed by atoms with E-state index >= 15 is 0 Å². The molecule has 1 saturated heterocycles. The van der Waals surface area contributed by atoms with Gasteiger partial charge in [0.15, 0.2) is 9.84 Å². The van der Waals surface area contributed by atoms with Gasteiger partial charge in [-0.3, -0.25) is 4.79 Å². The summed E-state index contributed by atoms with van der Waals surface area (Å²) in [6, 6.07) is 7.40. The third-order valence-electron chi connectivity index (χ3n) is 3.80. The van der Waals surface area contributed by atoms with Crippen molar-refractivity contribution in [2.75, 3.05) is 25.9 Å². The number of halogens is 1. The molecule has 0 radical (unpaired) electrons. The summed E-state index contributed by atoms with van der Waals surface area (Å²) in [5.41, 5.74) is 0.689. The molecule has 0 spiro atoms. The predicted molar refractivity (Wildman–Crippen MR) is 90.3 cm³/mol. The van der Waals surface area contributed by atoms with Crippen LogP contribution in [0.4, 0.5) is 0 Å². The van der Waals surface area contributed by atoms with Crippen molar-refractivity contribution in [1.29, 1.82) is 0 Å². The van der Waals surface area contributed by atoms with Crippen molar-refractivity contribution in [3.05, 3.63) is 34.3 Å². The molecule has 7 heteroatoms. The normalized spacial score (nSPS) is 19.2. The molecule has 1 atom stereocenters. The fourth-order valence-corrected chi connectivity index (χ4v) is 4.45. The zero-order chi connectivity index (χ0) is 16.2. The zero-order valence-corrected chi connectivity index (χ0v) is 15.0. The van der Waals surface area contributed by atoms with Crippen molar-refractivity contribution in [2.24, 2.45) is 0 Å². The van der Waals surface area contributed by atoms with Crippen LogP contribution < -0.4 is 5.32 Å². The van der Waals surface area contributed by atoms with Crippen LogP contribution >= 0.6 is 15.9 Å². The molecule has 1 unspecified atom stereocenters. The Bertz CT molecular complexity index is 633. The largest absolute Gasteiger partial charge is 0.340 e. The topological polar surface area (TPSA) is 66.5 Å². The van der Waals surface area contributed by atoms with Crippen LogP contribution in [0.3, 0.4) is 0 Å². The number of sulfone groups is 1. The van der Waals surface area contributed by atoms with E-state index in [0.29, 0.717) is 18.7 Å². The second-order valence-electron chi connectivity index (χ2n) is 5.63. The summed E-state index contributed by atoms with van der Waals surface area (Å²) in [6.07, 6.45) is 1.92. The van der Waals surface area contributed by atoms with Crippen LogP contribution in [0.15, 0.2) is 28.7 Å². The van der Waals surface area contributed by atoms with E-state index < -0.39 is 15.6 Å². The van der Waals surface area contributed by atoms with Crippen LogP contribution in [0, 0.1) is 0 Å². The monoisotopic (exact) mass is 388 g/mol. The highest BCUT2D eigenvalue weighted by atomic mass is 79.9. The first-order chi connectivity index (χ1) is 10.4. The van der Waals surface area contributed by atoms with Crippen LogP contribution in [0.5, 0.6) is 0 Å². The molecular weight excluding hydrogens is 368 g/mol. The van der Waals surface area contributed by atoms with Gasteiger partial charge in [0.05, 0.1) is 5.75 Å². The Kier molecular flexibility index (Phi) is 6.00. The lowest BCUT2D eigenvalue weighted by Crippen LogP contribution is -2.48. The molecule has 1 aliphatic heterocycles. The zero-order valence-electron chi connectivity index (χ0n) is 12.6. The van der Waals surface area contributed by atoms with Crippen molar-refractivity contribution < 1.29 is 13.2 Å². The van der Waals surface area contributed by atoms with Gasteiger partial charge in [-0.15, -0.1) is 0 Å². The van der Waals surface area contributed by atoms with Crippen molar-refractivity contribution in [1.82, 2.24) is 10.2 Å². The second-order valence-corrected chi connectivity index (χ2v) is 8.61. The third-order valence-corrected chi connectivity index (χ3v) is 5.75. The lowest BCUT2D eigenvalue weighted by Gasteiger charge is -2.32. The number of likely N-dealkylation sites (N-methyl/N-ethyl adjacent to an activating group) is 1. The quantitative estimate of drug-likeness (QED) is 0.831. The van der Waals surface area contributed by atoms with Gasteiger partial charge in [0.2, 0.25) is 5.91 Å². The van der Waals surface area contributed by atoms with E-state index in [0.717, 1.165) is 17.3 Å². The number of rotatable bonds is 5. The Morgan fingerprint density at radius 1 is 1.45 bits per heavy atom. The maximum atomic E-state index is 12.2. The number of amides is 1. The predicted octanol–water partition coefficient (Wildman–Crippen LogP) is 1.57. The van der Waals surface area contributed by atoms with Gasteiger partial charge >= 0.3 is 0 Å². The maximum Gasteiger partial charge on any atom is 0.237 e. The van der Waals surface area contributed by atoms with Gasteiger partial charge in [-0.25, -0.2) is 8.42 Å². The van der Waals surface area contributed by atoms with Gasteiger partial charge in [-0.2, -0.15) is 0 Å². The van der Waals surface area contributed by atoms with Crippen molar-refractivity contribution in [3.8, 4) is 0 Å². The van der Waals surface area contributed by atoms with E-state index in [-0.39, 0.29) is 17.7 Å².